The summed E-state index contributed by atoms with van der Waals surface area (Å²) in [5.74, 6) is 2.03. The number of nitrogens with one attached hydrogen (secondary N) is 2. The largest absolute Gasteiger partial charge is 0.497 e. The Bertz CT molecular complexity index is 544. The molecule has 0 heterocycles. The van der Waals surface area contributed by atoms with E-state index in [1.54, 1.807) is 14.2 Å². The smallest absolute Gasteiger partial charge is 0.305 e. The van der Waals surface area contributed by atoms with E-state index >= 15 is 0 Å². The third kappa shape index (κ3) is 8.74. The molecule has 0 fully saturated rings. The van der Waals surface area contributed by atoms with Crippen molar-refractivity contribution < 1.29 is 14.3 Å². The number of rotatable bonds is 11. The highest BCUT2D eigenvalue weighted by Crippen LogP contribution is 2.21. The van der Waals surface area contributed by atoms with E-state index in [2.05, 4.69) is 39.4 Å². The fourth-order valence-electron chi connectivity index (χ4n) is 2.61. The number of nitrogens with zero attached hydrogens (tertiary/aromatic N) is 1. The Morgan fingerprint density at radius 1 is 1.08 bits per heavy atom. The van der Waals surface area contributed by atoms with Gasteiger partial charge in [-0.15, -0.1) is 0 Å². The molecule has 0 radical (unpaired) electrons. The van der Waals surface area contributed by atoms with Crippen molar-refractivity contribution in [3.05, 3.63) is 29.8 Å². The van der Waals surface area contributed by atoms with Crippen LogP contribution in [-0.2, 0) is 9.53 Å². The number of guanidine groups is 1. The SMILES string of the molecule is CN=C(NCCCCCC(=O)OC)NCCC(C)c1ccc(OC)cc1. The molecule has 2 N–H and O–H groups in total. The van der Waals surface area contributed by atoms with Crippen LogP contribution in [0.15, 0.2) is 29.3 Å². The van der Waals surface area contributed by atoms with Gasteiger partial charge < -0.3 is 20.1 Å². The predicted molar refractivity (Wildman–Crippen MR) is 106 cm³/mol. The van der Waals surface area contributed by atoms with Crippen molar-refractivity contribution in [1.29, 1.82) is 0 Å². The lowest BCUT2D eigenvalue weighted by Crippen LogP contribution is -2.38. The Balaban J connectivity index is 2.18. The number of carbonyl (C=O) groups is 1. The maximum atomic E-state index is 11.0. The van der Waals surface area contributed by atoms with Crippen LogP contribution in [0.5, 0.6) is 5.75 Å². The van der Waals surface area contributed by atoms with Crippen LogP contribution in [0.25, 0.3) is 0 Å². The molecule has 1 rings (SSSR count). The molecular weight excluding hydrogens is 330 g/mol. The molecule has 0 amide bonds. The van der Waals surface area contributed by atoms with Crippen LogP contribution in [0.1, 0.15) is 50.5 Å². The average molecular weight is 364 g/mol. The zero-order chi connectivity index (χ0) is 19.2. The monoisotopic (exact) mass is 363 g/mol. The van der Waals surface area contributed by atoms with Gasteiger partial charge in [0, 0.05) is 26.6 Å². The third-order valence-electron chi connectivity index (χ3n) is 4.36. The first-order chi connectivity index (χ1) is 12.6. The van der Waals surface area contributed by atoms with Crippen LogP contribution in [0.4, 0.5) is 0 Å². The summed E-state index contributed by atoms with van der Waals surface area (Å²) < 4.78 is 9.83. The maximum absolute atomic E-state index is 11.0. The van der Waals surface area contributed by atoms with E-state index in [1.807, 2.05) is 12.1 Å². The Hall–Kier alpha value is -2.24. The molecule has 0 spiro atoms. The standard InChI is InChI=1S/C20H33N3O3/c1-16(17-9-11-18(25-3)12-10-17)13-15-23-20(21-2)22-14-7-5-6-8-19(24)26-4/h9-12,16H,5-8,13-15H2,1-4H3,(H2,21,22,23). The molecule has 0 saturated heterocycles. The number of ether oxygens (including phenoxy) is 2. The molecule has 0 aliphatic carbocycles. The molecule has 0 bridgehead atoms. The molecule has 0 saturated carbocycles. The van der Waals surface area contributed by atoms with Crippen LogP contribution in [0.3, 0.4) is 0 Å². The third-order valence-corrected chi connectivity index (χ3v) is 4.36. The van der Waals surface area contributed by atoms with E-state index in [0.29, 0.717) is 12.3 Å². The summed E-state index contributed by atoms with van der Waals surface area (Å²) in [4.78, 5) is 15.3. The second-order valence-corrected chi connectivity index (χ2v) is 6.28. The summed E-state index contributed by atoms with van der Waals surface area (Å²) >= 11 is 0. The number of methoxy groups -OCH3 is 2. The Kier molecular flexibility index (Phi) is 10.9. The second-order valence-electron chi connectivity index (χ2n) is 6.28. The topological polar surface area (TPSA) is 72.0 Å². The molecule has 0 aromatic heterocycles. The van der Waals surface area contributed by atoms with Gasteiger partial charge >= 0.3 is 5.97 Å². The van der Waals surface area contributed by atoms with E-state index in [4.69, 9.17) is 4.74 Å². The normalized spacial score (nSPS) is 12.4. The molecule has 146 valence electrons. The summed E-state index contributed by atoms with van der Waals surface area (Å²) in [6.45, 7) is 3.92. The second kappa shape index (κ2) is 13.0. The van der Waals surface area contributed by atoms with Gasteiger partial charge in [0.25, 0.3) is 0 Å². The van der Waals surface area contributed by atoms with Crippen molar-refractivity contribution in [2.24, 2.45) is 4.99 Å². The minimum Gasteiger partial charge on any atom is -0.497 e. The number of benzene rings is 1. The van der Waals surface area contributed by atoms with Crippen LogP contribution in [-0.4, -0.2) is 46.3 Å². The quantitative estimate of drug-likeness (QED) is 0.274. The summed E-state index contributed by atoms with van der Waals surface area (Å²) in [6.07, 6.45) is 4.37. The summed E-state index contributed by atoms with van der Waals surface area (Å²) in [7, 11) is 4.88. The van der Waals surface area contributed by atoms with Gasteiger partial charge in [0.1, 0.15) is 5.75 Å². The number of hydrogen-bond donors (Lipinski definition) is 2. The van der Waals surface area contributed by atoms with E-state index in [-0.39, 0.29) is 5.97 Å². The highest BCUT2D eigenvalue weighted by atomic mass is 16.5. The van der Waals surface area contributed by atoms with Gasteiger partial charge in [-0.3, -0.25) is 9.79 Å². The minimum absolute atomic E-state index is 0.138. The van der Waals surface area contributed by atoms with Crippen LogP contribution < -0.4 is 15.4 Å². The van der Waals surface area contributed by atoms with Crippen molar-refractivity contribution >= 4 is 11.9 Å². The summed E-state index contributed by atoms with van der Waals surface area (Å²) in [5, 5.41) is 6.66. The first-order valence-electron chi connectivity index (χ1n) is 9.26. The number of esters is 1. The summed E-state index contributed by atoms with van der Waals surface area (Å²) in [5.41, 5.74) is 1.31. The fraction of sp³-hybridized carbons (Fsp3) is 0.600. The number of carbonyl (C=O) groups excluding carboxylic acids is 1. The zero-order valence-corrected chi connectivity index (χ0v) is 16.5. The molecule has 1 aromatic rings. The zero-order valence-electron chi connectivity index (χ0n) is 16.5. The highest BCUT2D eigenvalue weighted by molar-refractivity contribution is 5.79. The van der Waals surface area contributed by atoms with Crippen molar-refractivity contribution in [1.82, 2.24) is 10.6 Å². The van der Waals surface area contributed by atoms with E-state index in [0.717, 1.165) is 50.5 Å². The molecule has 0 aliphatic heterocycles. The number of hydrogen-bond acceptors (Lipinski definition) is 4. The first kappa shape index (κ1) is 21.8. The molecule has 26 heavy (non-hydrogen) atoms. The van der Waals surface area contributed by atoms with Gasteiger partial charge in [0.05, 0.1) is 14.2 Å². The minimum atomic E-state index is -0.138. The van der Waals surface area contributed by atoms with Gasteiger partial charge in [-0.1, -0.05) is 25.5 Å². The van der Waals surface area contributed by atoms with Gasteiger partial charge in [-0.25, -0.2) is 0 Å². The van der Waals surface area contributed by atoms with Gasteiger partial charge in [0.15, 0.2) is 5.96 Å². The Labute approximate surface area is 157 Å². The van der Waals surface area contributed by atoms with Gasteiger partial charge in [-0.2, -0.15) is 0 Å². The highest BCUT2D eigenvalue weighted by Gasteiger charge is 2.06. The van der Waals surface area contributed by atoms with E-state index in [1.165, 1.54) is 12.7 Å². The van der Waals surface area contributed by atoms with Crippen LogP contribution in [0.2, 0.25) is 0 Å². The Morgan fingerprint density at radius 3 is 2.38 bits per heavy atom. The van der Waals surface area contributed by atoms with Crippen LogP contribution >= 0.6 is 0 Å². The molecule has 6 nitrogen and oxygen atoms in total. The lowest BCUT2D eigenvalue weighted by atomic mass is 9.98. The maximum Gasteiger partial charge on any atom is 0.305 e. The lowest BCUT2D eigenvalue weighted by molar-refractivity contribution is -0.140. The van der Waals surface area contributed by atoms with Gasteiger partial charge in [-0.05, 0) is 42.9 Å². The molecule has 6 heteroatoms. The van der Waals surface area contributed by atoms with Crippen molar-refractivity contribution in [2.75, 3.05) is 34.4 Å². The molecular formula is C20H33N3O3. The molecule has 1 aromatic carbocycles. The summed E-state index contributed by atoms with van der Waals surface area (Å²) in [6, 6.07) is 8.23. The lowest BCUT2D eigenvalue weighted by Gasteiger charge is -2.15. The van der Waals surface area contributed by atoms with Crippen molar-refractivity contribution in [3.63, 3.8) is 0 Å². The molecule has 1 unspecified atom stereocenters. The van der Waals surface area contributed by atoms with E-state index in [9.17, 15) is 4.79 Å². The molecule has 1 atom stereocenters. The van der Waals surface area contributed by atoms with Gasteiger partial charge in [0.2, 0.25) is 0 Å². The van der Waals surface area contributed by atoms with E-state index < -0.39 is 0 Å². The van der Waals surface area contributed by atoms with Crippen LogP contribution in [0, 0.1) is 0 Å². The van der Waals surface area contributed by atoms with Crippen molar-refractivity contribution in [2.45, 2.75) is 44.9 Å². The predicted octanol–water partition coefficient (Wildman–Crippen LogP) is 3.09. The molecule has 0 aliphatic rings. The van der Waals surface area contributed by atoms with Crippen molar-refractivity contribution in [3.8, 4) is 5.75 Å². The average Bonchev–Trinajstić information content (AvgIpc) is 2.68. The first-order valence-corrected chi connectivity index (χ1v) is 9.26. The Morgan fingerprint density at radius 2 is 1.77 bits per heavy atom. The fourth-order valence-corrected chi connectivity index (χ4v) is 2.61. The number of unbranched alkanes of at least 4 members (excludes halogenated alkanes) is 2. The number of aliphatic imine (C=N–C) groups is 1.